The van der Waals surface area contributed by atoms with Gasteiger partial charge in [-0.2, -0.15) is 0 Å². The number of nitrogens with two attached hydrogens (primary N) is 1. The van der Waals surface area contributed by atoms with E-state index < -0.39 is 0 Å². The average Bonchev–Trinajstić information content (AvgIpc) is 2.61. The minimum absolute atomic E-state index is 0.0145. The molecule has 0 fully saturated rings. The molecular formula is C13H16BrNO. The highest BCUT2D eigenvalue weighted by molar-refractivity contribution is 9.10. The standard InChI is InChI=1S/C13H16BrNO/c1-8(2)6-11(15)12-7-9-4-3-5-10(14)13(9)16-12/h3-5,7-8,11H,6,15H2,1-2H3/t11-/m0/s1. The molecule has 0 aliphatic carbocycles. The maximum absolute atomic E-state index is 6.10. The van der Waals surface area contributed by atoms with Crippen LogP contribution in [-0.4, -0.2) is 0 Å². The van der Waals surface area contributed by atoms with E-state index in [-0.39, 0.29) is 6.04 Å². The molecule has 2 nitrogen and oxygen atoms in total. The van der Waals surface area contributed by atoms with E-state index in [1.807, 2.05) is 24.3 Å². The molecule has 0 unspecified atom stereocenters. The number of rotatable bonds is 3. The normalized spacial score (nSPS) is 13.6. The quantitative estimate of drug-likeness (QED) is 0.914. The first-order valence-electron chi connectivity index (χ1n) is 5.51. The monoisotopic (exact) mass is 281 g/mol. The number of para-hydroxylation sites is 1. The Balaban J connectivity index is 2.36. The Hall–Kier alpha value is -0.800. The van der Waals surface area contributed by atoms with Gasteiger partial charge in [-0.15, -0.1) is 0 Å². The van der Waals surface area contributed by atoms with Crippen LogP contribution in [0.5, 0.6) is 0 Å². The summed E-state index contributed by atoms with van der Waals surface area (Å²) in [5, 5.41) is 1.10. The highest BCUT2D eigenvalue weighted by Crippen LogP contribution is 2.30. The predicted molar refractivity (Wildman–Crippen MR) is 70.3 cm³/mol. The van der Waals surface area contributed by atoms with Gasteiger partial charge in [-0.05, 0) is 40.4 Å². The Labute approximate surface area is 104 Å². The molecule has 2 aromatic rings. The predicted octanol–water partition coefficient (Wildman–Crippen LogP) is 4.24. The molecule has 2 rings (SSSR count). The maximum Gasteiger partial charge on any atom is 0.148 e. The van der Waals surface area contributed by atoms with Crippen LogP contribution >= 0.6 is 15.9 Å². The summed E-state index contributed by atoms with van der Waals surface area (Å²) in [4.78, 5) is 0. The van der Waals surface area contributed by atoms with Crippen molar-refractivity contribution in [1.82, 2.24) is 0 Å². The van der Waals surface area contributed by atoms with Gasteiger partial charge in [0, 0.05) is 5.39 Å². The number of halogens is 1. The lowest BCUT2D eigenvalue weighted by atomic mass is 10.0. The zero-order chi connectivity index (χ0) is 11.7. The molecule has 0 aliphatic heterocycles. The van der Waals surface area contributed by atoms with E-state index in [1.165, 1.54) is 0 Å². The van der Waals surface area contributed by atoms with Crippen LogP contribution in [0.25, 0.3) is 11.0 Å². The van der Waals surface area contributed by atoms with Crippen molar-refractivity contribution >= 4 is 26.9 Å². The molecule has 0 saturated carbocycles. The Kier molecular flexibility index (Phi) is 3.36. The lowest BCUT2D eigenvalue weighted by molar-refractivity contribution is 0.431. The molecule has 1 aromatic carbocycles. The van der Waals surface area contributed by atoms with E-state index >= 15 is 0 Å². The smallest absolute Gasteiger partial charge is 0.148 e. The van der Waals surface area contributed by atoms with Gasteiger partial charge in [-0.1, -0.05) is 26.0 Å². The van der Waals surface area contributed by atoms with Crippen LogP contribution in [-0.2, 0) is 0 Å². The fourth-order valence-corrected chi connectivity index (χ4v) is 2.32. The lowest BCUT2D eigenvalue weighted by Crippen LogP contribution is -2.11. The Morgan fingerprint density at radius 1 is 1.38 bits per heavy atom. The number of hydrogen-bond acceptors (Lipinski definition) is 2. The van der Waals surface area contributed by atoms with E-state index in [4.69, 9.17) is 10.2 Å². The Morgan fingerprint density at radius 2 is 2.12 bits per heavy atom. The van der Waals surface area contributed by atoms with E-state index in [0.717, 1.165) is 27.6 Å². The van der Waals surface area contributed by atoms with Crippen LogP contribution in [0, 0.1) is 5.92 Å². The third-order valence-corrected chi connectivity index (χ3v) is 3.23. The highest BCUT2D eigenvalue weighted by atomic mass is 79.9. The zero-order valence-electron chi connectivity index (χ0n) is 9.53. The first-order valence-corrected chi connectivity index (χ1v) is 6.30. The van der Waals surface area contributed by atoms with Crippen LogP contribution in [0.15, 0.2) is 33.2 Å². The summed E-state index contributed by atoms with van der Waals surface area (Å²) >= 11 is 3.48. The Morgan fingerprint density at radius 3 is 2.75 bits per heavy atom. The first-order chi connectivity index (χ1) is 7.58. The molecule has 3 heteroatoms. The minimum Gasteiger partial charge on any atom is -0.458 e. The van der Waals surface area contributed by atoms with Crippen LogP contribution in [0.4, 0.5) is 0 Å². The average molecular weight is 282 g/mol. The van der Waals surface area contributed by atoms with Crippen molar-refractivity contribution in [2.45, 2.75) is 26.3 Å². The summed E-state index contributed by atoms with van der Waals surface area (Å²) in [5.41, 5.74) is 6.99. The molecule has 0 saturated heterocycles. The topological polar surface area (TPSA) is 39.2 Å². The number of fused-ring (bicyclic) bond motifs is 1. The van der Waals surface area contributed by atoms with Crippen molar-refractivity contribution in [2.24, 2.45) is 11.7 Å². The van der Waals surface area contributed by atoms with Gasteiger partial charge in [0.05, 0.1) is 10.5 Å². The van der Waals surface area contributed by atoms with E-state index in [1.54, 1.807) is 0 Å². The number of furan rings is 1. The van der Waals surface area contributed by atoms with Gasteiger partial charge in [0.25, 0.3) is 0 Å². The van der Waals surface area contributed by atoms with Gasteiger partial charge >= 0.3 is 0 Å². The van der Waals surface area contributed by atoms with E-state index in [0.29, 0.717) is 5.92 Å². The molecule has 1 aromatic heterocycles. The summed E-state index contributed by atoms with van der Waals surface area (Å²) in [5.74, 6) is 1.45. The van der Waals surface area contributed by atoms with Crippen LogP contribution < -0.4 is 5.73 Å². The zero-order valence-corrected chi connectivity index (χ0v) is 11.1. The molecule has 2 N–H and O–H groups in total. The molecule has 0 spiro atoms. The van der Waals surface area contributed by atoms with Crippen molar-refractivity contribution in [2.75, 3.05) is 0 Å². The van der Waals surface area contributed by atoms with Crippen LogP contribution in [0.3, 0.4) is 0 Å². The fourth-order valence-electron chi connectivity index (χ4n) is 1.85. The fraction of sp³-hybridized carbons (Fsp3) is 0.385. The minimum atomic E-state index is -0.0145. The summed E-state index contributed by atoms with van der Waals surface area (Å²) in [6, 6.07) is 8.03. The van der Waals surface area contributed by atoms with E-state index in [9.17, 15) is 0 Å². The second-order valence-corrected chi connectivity index (χ2v) is 5.40. The molecule has 0 bridgehead atoms. The molecule has 1 heterocycles. The van der Waals surface area contributed by atoms with Crippen molar-refractivity contribution in [3.8, 4) is 0 Å². The summed E-state index contributed by atoms with van der Waals surface area (Å²) in [6.45, 7) is 4.33. The third-order valence-electron chi connectivity index (χ3n) is 2.61. The van der Waals surface area contributed by atoms with Gasteiger partial charge in [0.2, 0.25) is 0 Å². The summed E-state index contributed by atoms with van der Waals surface area (Å²) in [6.07, 6.45) is 0.942. The SMILES string of the molecule is CC(C)C[C@H](N)c1cc2cccc(Br)c2o1. The van der Waals surface area contributed by atoms with Gasteiger partial charge in [0.1, 0.15) is 11.3 Å². The molecule has 16 heavy (non-hydrogen) atoms. The molecule has 0 radical (unpaired) electrons. The van der Waals surface area contributed by atoms with Gasteiger partial charge < -0.3 is 10.2 Å². The van der Waals surface area contributed by atoms with Crippen LogP contribution in [0.2, 0.25) is 0 Å². The van der Waals surface area contributed by atoms with Crippen molar-refractivity contribution < 1.29 is 4.42 Å². The van der Waals surface area contributed by atoms with Crippen molar-refractivity contribution in [1.29, 1.82) is 0 Å². The maximum atomic E-state index is 6.10. The first kappa shape index (κ1) is 11.7. The second-order valence-electron chi connectivity index (χ2n) is 4.54. The Bertz CT molecular complexity index is 490. The molecule has 1 atom stereocenters. The van der Waals surface area contributed by atoms with Gasteiger partial charge in [0.15, 0.2) is 0 Å². The summed E-state index contributed by atoms with van der Waals surface area (Å²) < 4.78 is 6.77. The van der Waals surface area contributed by atoms with Crippen molar-refractivity contribution in [3.05, 3.63) is 34.5 Å². The molecular weight excluding hydrogens is 266 g/mol. The molecule has 0 aliphatic rings. The second kappa shape index (κ2) is 4.60. The van der Waals surface area contributed by atoms with Crippen molar-refractivity contribution in [3.63, 3.8) is 0 Å². The third kappa shape index (κ3) is 2.30. The van der Waals surface area contributed by atoms with Crippen LogP contribution in [0.1, 0.15) is 32.1 Å². The number of hydrogen-bond donors (Lipinski definition) is 1. The van der Waals surface area contributed by atoms with Gasteiger partial charge in [-0.3, -0.25) is 0 Å². The van der Waals surface area contributed by atoms with Gasteiger partial charge in [-0.25, -0.2) is 0 Å². The molecule has 86 valence electrons. The lowest BCUT2D eigenvalue weighted by Gasteiger charge is -2.10. The van der Waals surface area contributed by atoms with E-state index in [2.05, 4.69) is 29.8 Å². The molecule has 0 amide bonds. The highest BCUT2D eigenvalue weighted by Gasteiger charge is 2.14. The number of benzene rings is 1. The largest absolute Gasteiger partial charge is 0.458 e. The summed E-state index contributed by atoms with van der Waals surface area (Å²) in [7, 11) is 0.